The van der Waals surface area contributed by atoms with Crippen LogP contribution >= 0.6 is 0 Å². The van der Waals surface area contributed by atoms with E-state index in [1.165, 1.54) is 5.56 Å². The van der Waals surface area contributed by atoms with Gasteiger partial charge in [0.2, 0.25) is 0 Å². The Hall–Kier alpha value is -2.29. The molecule has 0 spiro atoms. The molecular weight excluding hydrogens is 248 g/mol. The lowest BCUT2D eigenvalue weighted by atomic mass is 10.00. The molecule has 20 heavy (non-hydrogen) atoms. The van der Waals surface area contributed by atoms with Gasteiger partial charge in [0.05, 0.1) is 5.56 Å². The van der Waals surface area contributed by atoms with E-state index in [1.807, 2.05) is 24.3 Å². The summed E-state index contributed by atoms with van der Waals surface area (Å²) < 4.78 is 0. The monoisotopic (exact) mass is 266 g/mol. The molecule has 1 heterocycles. The first-order chi connectivity index (χ1) is 9.65. The maximum atomic E-state index is 12.1. The fourth-order valence-electron chi connectivity index (χ4n) is 2.45. The smallest absolute Gasteiger partial charge is 0.255 e. The number of benzene rings is 2. The maximum Gasteiger partial charge on any atom is 0.255 e. The highest BCUT2D eigenvalue weighted by molar-refractivity contribution is 6.01. The fourth-order valence-corrected chi connectivity index (χ4v) is 2.45. The molecule has 2 N–H and O–H groups in total. The van der Waals surface area contributed by atoms with Gasteiger partial charge in [-0.05, 0) is 29.2 Å². The number of carbonyl (C=O) groups is 1. The molecule has 3 heteroatoms. The van der Waals surface area contributed by atoms with Gasteiger partial charge in [0.1, 0.15) is 6.17 Å². The van der Waals surface area contributed by atoms with Crippen LogP contribution in [-0.2, 0) is 0 Å². The van der Waals surface area contributed by atoms with Crippen LogP contribution in [0, 0.1) is 0 Å². The number of amides is 1. The van der Waals surface area contributed by atoms with Gasteiger partial charge in [-0.15, -0.1) is 0 Å². The summed E-state index contributed by atoms with van der Waals surface area (Å²) in [6.07, 6.45) is -0.168. The summed E-state index contributed by atoms with van der Waals surface area (Å²) in [5.41, 5.74) is 3.95. The number of anilines is 1. The number of nitrogens with one attached hydrogen (secondary N) is 2. The third kappa shape index (κ3) is 2.27. The van der Waals surface area contributed by atoms with Gasteiger partial charge < -0.3 is 10.6 Å². The van der Waals surface area contributed by atoms with Crippen molar-refractivity contribution < 1.29 is 4.79 Å². The van der Waals surface area contributed by atoms with Gasteiger partial charge in [-0.2, -0.15) is 0 Å². The lowest BCUT2D eigenvalue weighted by molar-refractivity contribution is 0.0935. The van der Waals surface area contributed by atoms with Crippen LogP contribution in [0.4, 0.5) is 5.69 Å². The molecular formula is C17H18N2O. The second-order valence-electron chi connectivity index (χ2n) is 5.42. The summed E-state index contributed by atoms with van der Waals surface area (Å²) in [5.74, 6) is 0.482. The van der Waals surface area contributed by atoms with Crippen molar-refractivity contribution in [2.45, 2.75) is 25.9 Å². The van der Waals surface area contributed by atoms with Crippen LogP contribution in [0.2, 0.25) is 0 Å². The van der Waals surface area contributed by atoms with Crippen LogP contribution < -0.4 is 10.6 Å². The van der Waals surface area contributed by atoms with Crippen molar-refractivity contribution >= 4 is 11.6 Å². The van der Waals surface area contributed by atoms with E-state index in [-0.39, 0.29) is 12.1 Å². The molecule has 2 aromatic carbocycles. The van der Waals surface area contributed by atoms with Crippen LogP contribution in [0.5, 0.6) is 0 Å². The zero-order valence-electron chi connectivity index (χ0n) is 11.7. The van der Waals surface area contributed by atoms with Crippen LogP contribution in [0.3, 0.4) is 0 Å². The number of fused-ring (bicyclic) bond motifs is 1. The van der Waals surface area contributed by atoms with E-state index in [1.54, 1.807) is 0 Å². The molecule has 0 fully saturated rings. The van der Waals surface area contributed by atoms with Crippen molar-refractivity contribution in [3.05, 3.63) is 65.2 Å². The van der Waals surface area contributed by atoms with Gasteiger partial charge in [0.25, 0.3) is 5.91 Å². The zero-order chi connectivity index (χ0) is 14.1. The Morgan fingerprint density at radius 1 is 0.950 bits per heavy atom. The highest BCUT2D eigenvalue weighted by Crippen LogP contribution is 2.27. The summed E-state index contributed by atoms with van der Waals surface area (Å²) in [4.78, 5) is 12.1. The highest BCUT2D eigenvalue weighted by atomic mass is 16.2. The van der Waals surface area contributed by atoms with Gasteiger partial charge in [-0.25, -0.2) is 0 Å². The fraction of sp³-hybridized carbons (Fsp3) is 0.235. The van der Waals surface area contributed by atoms with Gasteiger partial charge in [-0.3, -0.25) is 4.79 Å². The van der Waals surface area contributed by atoms with Crippen molar-refractivity contribution in [2.75, 3.05) is 5.32 Å². The predicted molar refractivity (Wildman–Crippen MR) is 80.8 cm³/mol. The van der Waals surface area contributed by atoms with E-state index >= 15 is 0 Å². The molecule has 3 rings (SSSR count). The molecule has 0 aromatic heterocycles. The van der Waals surface area contributed by atoms with Crippen LogP contribution in [0.15, 0.2) is 48.5 Å². The molecule has 0 aliphatic carbocycles. The Labute approximate surface area is 119 Å². The van der Waals surface area contributed by atoms with E-state index in [0.29, 0.717) is 11.5 Å². The standard InChI is InChI=1S/C17H18N2O/c1-11(2)12-7-9-13(10-8-12)16-18-15-6-4-3-5-14(15)17(20)19-16/h3-11,16,18H,1-2H3,(H,19,20)/t16-/m0/s1. The molecule has 3 nitrogen and oxygen atoms in total. The maximum absolute atomic E-state index is 12.1. The predicted octanol–water partition coefficient (Wildman–Crippen LogP) is 3.66. The minimum Gasteiger partial charge on any atom is -0.361 e. The van der Waals surface area contributed by atoms with Crippen molar-refractivity contribution in [1.29, 1.82) is 0 Å². The first-order valence-electron chi connectivity index (χ1n) is 6.91. The van der Waals surface area contributed by atoms with Gasteiger partial charge in [0.15, 0.2) is 0 Å². The Balaban J connectivity index is 1.88. The molecule has 0 saturated heterocycles. The average Bonchev–Trinajstić information content (AvgIpc) is 2.47. The topological polar surface area (TPSA) is 41.1 Å². The number of hydrogen-bond acceptors (Lipinski definition) is 2. The van der Waals surface area contributed by atoms with E-state index in [4.69, 9.17) is 0 Å². The number of carbonyl (C=O) groups excluding carboxylic acids is 1. The van der Waals surface area contributed by atoms with Gasteiger partial charge in [0, 0.05) is 5.69 Å². The molecule has 102 valence electrons. The Kier molecular flexibility index (Phi) is 3.18. The van der Waals surface area contributed by atoms with Crippen molar-refractivity contribution in [3.8, 4) is 0 Å². The van der Waals surface area contributed by atoms with Crippen LogP contribution in [0.1, 0.15) is 47.4 Å². The lowest BCUT2D eigenvalue weighted by Gasteiger charge is -2.28. The van der Waals surface area contributed by atoms with E-state index in [0.717, 1.165) is 11.3 Å². The zero-order valence-corrected chi connectivity index (χ0v) is 11.7. The molecule has 2 aromatic rings. The van der Waals surface area contributed by atoms with Crippen LogP contribution in [-0.4, -0.2) is 5.91 Å². The minimum absolute atomic E-state index is 0.0303. The molecule has 1 amide bonds. The van der Waals surface area contributed by atoms with Crippen LogP contribution in [0.25, 0.3) is 0 Å². The largest absolute Gasteiger partial charge is 0.361 e. The number of para-hydroxylation sites is 1. The molecule has 0 unspecified atom stereocenters. The summed E-state index contributed by atoms with van der Waals surface area (Å²) in [6, 6.07) is 16.0. The first kappa shape index (κ1) is 12.7. The van der Waals surface area contributed by atoms with Crippen molar-refractivity contribution in [1.82, 2.24) is 5.32 Å². The molecule has 0 bridgehead atoms. The second kappa shape index (κ2) is 5.00. The summed E-state index contributed by atoms with van der Waals surface area (Å²) in [5, 5.41) is 6.35. The van der Waals surface area contributed by atoms with E-state index in [2.05, 4.69) is 48.7 Å². The SMILES string of the molecule is CC(C)c1ccc([C@@H]2NC(=O)c3ccccc3N2)cc1. The van der Waals surface area contributed by atoms with E-state index < -0.39 is 0 Å². The highest BCUT2D eigenvalue weighted by Gasteiger charge is 2.23. The minimum atomic E-state index is -0.168. The average molecular weight is 266 g/mol. The summed E-state index contributed by atoms with van der Waals surface area (Å²) >= 11 is 0. The third-order valence-corrected chi connectivity index (χ3v) is 3.68. The quantitative estimate of drug-likeness (QED) is 0.871. The molecule has 0 radical (unpaired) electrons. The second-order valence-corrected chi connectivity index (χ2v) is 5.42. The number of rotatable bonds is 2. The summed E-state index contributed by atoms with van der Waals surface area (Å²) in [7, 11) is 0. The lowest BCUT2D eigenvalue weighted by Crippen LogP contribution is -2.38. The molecule has 0 saturated carbocycles. The van der Waals surface area contributed by atoms with Gasteiger partial charge in [-0.1, -0.05) is 50.2 Å². The normalized spacial score (nSPS) is 17.4. The van der Waals surface area contributed by atoms with E-state index in [9.17, 15) is 4.79 Å². The van der Waals surface area contributed by atoms with Crippen molar-refractivity contribution in [3.63, 3.8) is 0 Å². The molecule has 1 atom stereocenters. The number of hydrogen-bond donors (Lipinski definition) is 2. The van der Waals surface area contributed by atoms with Gasteiger partial charge >= 0.3 is 0 Å². The Morgan fingerprint density at radius 3 is 2.35 bits per heavy atom. The molecule has 1 aliphatic heterocycles. The third-order valence-electron chi connectivity index (χ3n) is 3.68. The summed E-state index contributed by atoms with van der Waals surface area (Å²) in [6.45, 7) is 4.35. The Bertz CT molecular complexity index is 632. The Morgan fingerprint density at radius 2 is 1.65 bits per heavy atom. The van der Waals surface area contributed by atoms with Crippen molar-refractivity contribution in [2.24, 2.45) is 0 Å². The molecule has 1 aliphatic rings. The first-order valence-corrected chi connectivity index (χ1v) is 6.91.